The van der Waals surface area contributed by atoms with Crippen molar-refractivity contribution in [2.45, 2.75) is 11.8 Å². The fraction of sp³-hybridized carbons (Fsp3) is 0.167. The maximum Gasteiger partial charge on any atom is 0.264 e. The van der Waals surface area contributed by atoms with Crippen molar-refractivity contribution >= 4 is 37.6 Å². The van der Waals surface area contributed by atoms with Crippen LogP contribution >= 0.6 is 15.9 Å². The summed E-state index contributed by atoms with van der Waals surface area (Å²) in [5, 5.41) is 2.83. The van der Waals surface area contributed by atoms with Gasteiger partial charge in [-0.2, -0.15) is 0 Å². The molecule has 0 amide bonds. The fourth-order valence-corrected chi connectivity index (χ4v) is 2.65. The van der Waals surface area contributed by atoms with Gasteiger partial charge >= 0.3 is 0 Å². The number of pyridine rings is 2. The van der Waals surface area contributed by atoms with Crippen LogP contribution in [0.4, 0.5) is 11.6 Å². The molecule has 0 saturated carbocycles. The smallest absolute Gasteiger partial charge is 0.264 e. The normalized spacial score (nSPS) is 11.2. The summed E-state index contributed by atoms with van der Waals surface area (Å²) in [6, 6.07) is 6.40. The number of hydrogen-bond acceptors (Lipinski definition) is 5. The molecule has 6 nitrogen and oxygen atoms in total. The van der Waals surface area contributed by atoms with Gasteiger partial charge in [-0.1, -0.05) is 0 Å². The molecule has 0 spiro atoms. The van der Waals surface area contributed by atoms with Crippen LogP contribution in [-0.4, -0.2) is 25.4 Å². The largest absolute Gasteiger partial charge is 0.373 e. The van der Waals surface area contributed by atoms with Crippen LogP contribution in [-0.2, 0) is 10.0 Å². The van der Waals surface area contributed by atoms with Crippen molar-refractivity contribution in [2.75, 3.05) is 17.1 Å². The molecule has 0 unspecified atom stereocenters. The molecule has 0 bridgehead atoms. The Morgan fingerprint density at radius 2 is 1.85 bits per heavy atom. The van der Waals surface area contributed by atoms with Gasteiger partial charge in [0.25, 0.3) is 10.0 Å². The number of anilines is 2. The summed E-state index contributed by atoms with van der Waals surface area (Å²) in [6.45, 7) is 1.78. The SMILES string of the molecule is CNc1ccc(S(=O)(=O)Nc2ccc(Br)c(C)n2)cn1. The number of sulfonamides is 1. The van der Waals surface area contributed by atoms with Crippen molar-refractivity contribution < 1.29 is 8.42 Å². The predicted molar refractivity (Wildman–Crippen MR) is 81.3 cm³/mol. The number of nitrogens with zero attached hydrogens (tertiary/aromatic N) is 2. The summed E-state index contributed by atoms with van der Waals surface area (Å²) in [5.41, 5.74) is 0.703. The maximum absolute atomic E-state index is 12.2. The van der Waals surface area contributed by atoms with Crippen molar-refractivity contribution in [3.8, 4) is 0 Å². The molecule has 0 aliphatic heterocycles. The van der Waals surface area contributed by atoms with Crippen LogP contribution in [0.5, 0.6) is 0 Å². The minimum absolute atomic E-state index is 0.0823. The first-order valence-corrected chi connectivity index (χ1v) is 8.00. The molecule has 2 rings (SSSR count). The van der Waals surface area contributed by atoms with E-state index >= 15 is 0 Å². The summed E-state index contributed by atoms with van der Waals surface area (Å²) in [4.78, 5) is 8.21. The Balaban J connectivity index is 2.27. The van der Waals surface area contributed by atoms with Crippen molar-refractivity contribution in [1.29, 1.82) is 0 Å². The lowest BCUT2D eigenvalue weighted by Gasteiger charge is -2.08. The molecule has 20 heavy (non-hydrogen) atoms. The van der Waals surface area contributed by atoms with E-state index in [0.717, 1.165) is 4.47 Å². The van der Waals surface area contributed by atoms with Gasteiger partial charge < -0.3 is 5.32 Å². The third-order valence-electron chi connectivity index (χ3n) is 2.56. The number of halogens is 1. The highest BCUT2D eigenvalue weighted by Crippen LogP contribution is 2.19. The topological polar surface area (TPSA) is 84.0 Å². The van der Waals surface area contributed by atoms with E-state index < -0.39 is 10.0 Å². The second-order valence-electron chi connectivity index (χ2n) is 4.00. The molecule has 0 aromatic carbocycles. The van der Waals surface area contributed by atoms with Gasteiger partial charge in [0.05, 0.1) is 5.69 Å². The highest BCUT2D eigenvalue weighted by atomic mass is 79.9. The highest BCUT2D eigenvalue weighted by Gasteiger charge is 2.15. The van der Waals surface area contributed by atoms with Gasteiger partial charge in [-0.15, -0.1) is 0 Å². The summed E-state index contributed by atoms with van der Waals surface area (Å²) in [5.74, 6) is 0.866. The standard InChI is InChI=1S/C12H13BrN4O2S/c1-8-10(13)4-6-12(16-8)17-20(18,19)9-3-5-11(14-2)15-7-9/h3-7H,1-2H3,(H,14,15)(H,16,17). The third-order valence-corrected chi connectivity index (χ3v) is 4.74. The fourth-order valence-electron chi connectivity index (χ4n) is 1.48. The van der Waals surface area contributed by atoms with E-state index in [1.165, 1.54) is 12.3 Å². The molecule has 2 N–H and O–H groups in total. The van der Waals surface area contributed by atoms with E-state index in [1.54, 1.807) is 32.2 Å². The van der Waals surface area contributed by atoms with Crippen molar-refractivity contribution in [2.24, 2.45) is 0 Å². The molecule has 2 aromatic heterocycles. The van der Waals surface area contributed by atoms with Crippen molar-refractivity contribution in [3.63, 3.8) is 0 Å². The van der Waals surface area contributed by atoms with Gasteiger partial charge in [0.15, 0.2) is 0 Å². The second kappa shape index (κ2) is 5.76. The first-order valence-electron chi connectivity index (χ1n) is 5.72. The predicted octanol–water partition coefficient (Wildman–Crippen LogP) is 2.39. The Bertz CT molecular complexity index is 717. The zero-order chi connectivity index (χ0) is 14.8. The van der Waals surface area contributed by atoms with E-state index in [4.69, 9.17) is 0 Å². The van der Waals surface area contributed by atoms with Crippen LogP contribution in [0.1, 0.15) is 5.69 Å². The average molecular weight is 357 g/mol. The van der Waals surface area contributed by atoms with Crippen LogP contribution in [0, 0.1) is 6.92 Å². The molecule has 0 saturated heterocycles. The molecule has 8 heteroatoms. The Labute approximate surface area is 125 Å². The Morgan fingerprint density at radius 3 is 2.40 bits per heavy atom. The minimum Gasteiger partial charge on any atom is -0.373 e. The van der Waals surface area contributed by atoms with Gasteiger partial charge in [-0.3, -0.25) is 4.72 Å². The van der Waals surface area contributed by atoms with Gasteiger partial charge in [0, 0.05) is 17.7 Å². The molecule has 0 aliphatic carbocycles. The van der Waals surface area contributed by atoms with E-state index in [-0.39, 0.29) is 10.7 Å². The Hall–Kier alpha value is -1.67. The zero-order valence-corrected chi connectivity index (χ0v) is 13.3. The van der Waals surface area contributed by atoms with Crippen LogP contribution in [0.15, 0.2) is 39.8 Å². The molecule has 0 aliphatic rings. The summed E-state index contributed by atoms with van der Waals surface area (Å²) >= 11 is 3.31. The van der Waals surface area contributed by atoms with Gasteiger partial charge in [0.1, 0.15) is 16.5 Å². The van der Waals surface area contributed by atoms with E-state index in [2.05, 4.69) is 35.9 Å². The van der Waals surface area contributed by atoms with E-state index in [1.807, 2.05) is 0 Å². The Morgan fingerprint density at radius 1 is 1.15 bits per heavy atom. The number of nitrogens with one attached hydrogen (secondary N) is 2. The zero-order valence-electron chi connectivity index (χ0n) is 10.9. The molecular weight excluding hydrogens is 344 g/mol. The molecule has 0 radical (unpaired) electrons. The summed E-state index contributed by atoms with van der Waals surface area (Å²) in [7, 11) is -1.97. The first-order chi connectivity index (χ1) is 9.42. The number of aromatic nitrogens is 2. The minimum atomic E-state index is -3.69. The number of hydrogen-bond donors (Lipinski definition) is 2. The molecule has 2 aromatic rings. The summed E-state index contributed by atoms with van der Waals surface area (Å²) in [6.07, 6.45) is 1.29. The quantitative estimate of drug-likeness (QED) is 0.878. The van der Waals surface area contributed by atoms with Crippen molar-refractivity contribution in [1.82, 2.24) is 9.97 Å². The van der Waals surface area contributed by atoms with Crippen LogP contribution < -0.4 is 10.0 Å². The molecule has 2 heterocycles. The lowest BCUT2D eigenvalue weighted by molar-refractivity contribution is 0.600. The number of rotatable bonds is 4. The van der Waals surface area contributed by atoms with Gasteiger partial charge in [-0.05, 0) is 47.1 Å². The maximum atomic E-state index is 12.2. The van der Waals surface area contributed by atoms with Crippen LogP contribution in [0.25, 0.3) is 0 Å². The summed E-state index contributed by atoms with van der Waals surface area (Å²) < 4.78 is 27.6. The van der Waals surface area contributed by atoms with Gasteiger partial charge in [-0.25, -0.2) is 18.4 Å². The average Bonchev–Trinajstić information content (AvgIpc) is 2.43. The lowest BCUT2D eigenvalue weighted by Crippen LogP contribution is -2.14. The monoisotopic (exact) mass is 356 g/mol. The lowest BCUT2D eigenvalue weighted by atomic mass is 10.4. The second-order valence-corrected chi connectivity index (χ2v) is 6.54. The first kappa shape index (κ1) is 14.7. The third kappa shape index (κ3) is 3.26. The van der Waals surface area contributed by atoms with Crippen molar-refractivity contribution in [3.05, 3.63) is 40.6 Å². The molecular formula is C12H13BrN4O2S. The molecule has 0 fully saturated rings. The molecule has 0 atom stereocenters. The van der Waals surface area contributed by atoms with Gasteiger partial charge in [0.2, 0.25) is 0 Å². The van der Waals surface area contributed by atoms with E-state index in [0.29, 0.717) is 11.5 Å². The van der Waals surface area contributed by atoms with E-state index in [9.17, 15) is 8.42 Å². The van der Waals surface area contributed by atoms with Crippen LogP contribution in [0.2, 0.25) is 0 Å². The highest BCUT2D eigenvalue weighted by molar-refractivity contribution is 9.10. The van der Waals surface area contributed by atoms with Crippen LogP contribution in [0.3, 0.4) is 0 Å². The molecule has 106 valence electrons. The Kier molecular flexibility index (Phi) is 4.24. The number of aryl methyl sites for hydroxylation is 1.